The maximum absolute atomic E-state index is 12.9. The number of aromatic nitrogens is 6. The number of pyridine rings is 3. The topological polar surface area (TPSA) is 109 Å². The first-order valence-corrected chi connectivity index (χ1v) is 10.2. The number of H-pyrrole nitrogens is 1. The summed E-state index contributed by atoms with van der Waals surface area (Å²) < 4.78 is 0. The monoisotopic (exact) mass is 421 g/mol. The summed E-state index contributed by atoms with van der Waals surface area (Å²) in [4.78, 5) is 31.7. The van der Waals surface area contributed by atoms with Crippen LogP contribution in [-0.4, -0.2) is 36.0 Å². The normalized spacial score (nSPS) is 10.7. The van der Waals surface area contributed by atoms with Gasteiger partial charge in [0.15, 0.2) is 5.16 Å². The smallest absolute Gasteiger partial charge is 0.276 e. The van der Waals surface area contributed by atoms with Crippen molar-refractivity contribution in [1.82, 2.24) is 30.1 Å². The van der Waals surface area contributed by atoms with Crippen LogP contribution >= 0.6 is 23.5 Å². The van der Waals surface area contributed by atoms with Crippen LogP contribution in [0.5, 0.6) is 0 Å². The zero-order chi connectivity index (χ0) is 20.1. The van der Waals surface area contributed by atoms with Crippen LogP contribution in [0.3, 0.4) is 0 Å². The fourth-order valence-electron chi connectivity index (χ4n) is 2.33. The van der Waals surface area contributed by atoms with Crippen molar-refractivity contribution < 1.29 is 4.79 Å². The van der Waals surface area contributed by atoms with E-state index in [-0.39, 0.29) is 5.91 Å². The minimum absolute atomic E-state index is 0.297. The standard InChI is InChI=1S/C19H15N7OS2/c1-12-5-6-13(10-21-12)28-14-7-8-16(29-19-22-11-23-26-19)25-17(14)18(27)24-15-4-2-3-9-20-15/h2-11H,1H3,(H,20,24,27)(H,22,23,26). The first kappa shape index (κ1) is 19.1. The molecule has 4 aromatic rings. The highest BCUT2D eigenvalue weighted by Gasteiger charge is 2.17. The number of carbonyl (C=O) groups excluding carboxylic acids is 1. The first-order valence-electron chi connectivity index (χ1n) is 8.54. The fourth-order valence-corrected chi connectivity index (χ4v) is 3.86. The first-order chi connectivity index (χ1) is 14.2. The summed E-state index contributed by atoms with van der Waals surface area (Å²) in [7, 11) is 0. The predicted molar refractivity (Wildman–Crippen MR) is 110 cm³/mol. The van der Waals surface area contributed by atoms with Gasteiger partial charge in [-0.2, -0.15) is 5.10 Å². The van der Waals surface area contributed by atoms with Crippen LogP contribution in [0.15, 0.2) is 81.2 Å². The van der Waals surface area contributed by atoms with E-state index in [0.717, 1.165) is 10.6 Å². The Morgan fingerprint density at radius 1 is 1.03 bits per heavy atom. The maximum Gasteiger partial charge on any atom is 0.276 e. The van der Waals surface area contributed by atoms with Crippen molar-refractivity contribution in [2.45, 2.75) is 26.9 Å². The Morgan fingerprint density at radius 3 is 2.69 bits per heavy atom. The Balaban J connectivity index is 1.65. The molecule has 0 saturated heterocycles. The third-order valence-electron chi connectivity index (χ3n) is 3.66. The number of carbonyl (C=O) groups is 1. The molecule has 4 rings (SSSR count). The highest BCUT2D eigenvalue weighted by molar-refractivity contribution is 7.99. The molecule has 0 unspecified atom stereocenters. The zero-order valence-electron chi connectivity index (χ0n) is 15.2. The second-order valence-corrected chi connectivity index (χ2v) is 7.92. The van der Waals surface area contributed by atoms with Crippen molar-refractivity contribution in [2.75, 3.05) is 5.32 Å². The van der Waals surface area contributed by atoms with Crippen LogP contribution in [0.2, 0.25) is 0 Å². The summed E-state index contributed by atoms with van der Waals surface area (Å²) in [5.74, 6) is 0.117. The van der Waals surface area contributed by atoms with Crippen LogP contribution in [0.1, 0.15) is 16.2 Å². The minimum atomic E-state index is -0.341. The van der Waals surface area contributed by atoms with Gasteiger partial charge in [0.2, 0.25) is 0 Å². The molecule has 8 nitrogen and oxygen atoms in total. The second kappa shape index (κ2) is 8.84. The summed E-state index contributed by atoms with van der Waals surface area (Å²) in [5.41, 5.74) is 1.23. The van der Waals surface area contributed by atoms with Crippen molar-refractivity contribution in [1.29, 1.82) is 0 Å². The van der Waals surface area contributed by atoms with Crippen molar-refractivity contribution >= 4 is 35.2 Å². The van der Waals surface area contributed by atoms with Crippen LogP contribution in [0.25, 0.3) is 0 Å². The molecule has 0 aliphatic carbocycles. The van der Waals surface area contributed by atoms with Gasteiger partial charge in [-0.3, -0.25) is 14.9 Å². The molecule has 2 N–H and O–H groups in total. The summed E-state index contributed by atoms with van der Waals surface area (Å²) in [5, 5.41) is 10.6. The Bertz CT molecular complexity index is 1100. The third-order valence-corrected chi connectivity index (χ3v) is 5.51. The van der Waals surface area contributed by atoms with E-state index in [1.165, 1.54) is 29.9 Å². The number of hydrogen-bond acceptors (Lipinski definition) is 8. The Morgan fingerprint density at radius 2 is 1.97 bits per heavy atom. The van der Waals surface area contributed by atoms with E-state index in [1.54, 1.807) is 30.6 Å². The summed E-state index contributed by atoms with van der Waals surface area (Å²) in [6, 6.07) is 12.9. The van der Waals surface area contributed by atoms with Crippen molar-refractivity contribution in [3.8, 4) is 0 Å². The van der Waals surface area contributed by atoms with E-state index in [0.29, 0.717) is 26.6 Å². The highest BCUT2D eigenvalue weighted by Crippen LogP contribution is 2.32. The van der Waals surface area contributed by atoms with Gasteiger partial charge in [0.1, 0.15) is 22.9 Å². The molecule has 0 atom stereocenters. The average molecular weight is 422 g/mol. The van der Waals surface area contributed by atoms with Gasteiger partial charge in [-0.25, -0.2) is 15.0 Å². The van der Waals surface area contributed by atoms with Gasteiger partial charge in [-0.15, -0.1) is 0 Å². The molecule has 0 aliphatic heterocycles. The van der Waals surface area contributed by atoms with Crippen molar-refractivity contribution in [3.63, 3.8) is 0 Å². The van der Waals surface area contributed by atoms with Crippen LogP contribution in [0.4, 0.5) is 5.82 Å². The van der Waals surface area contributed by atoms with Crippen LogP contribution < -0.4 is 5.32 Å². The van der Waals surface area contributed by atoms with E-state index >= 15 is 0 Å². The fraction of sp³-hybridized carbons (Fsp3) is 0.0526. The molecule has 0 aromatic carbocycles. The maximum atomic E-state index is 12.9. The Kier molecular flexibility index (Phi) is 5.82. The van der Waals surface area contributed by atoms with Gasteiger partial charge >= 0.3 is 0 Å². The van der Waals surface area contributed by atoms with Gasteiger partial charge in [-0.1, -0.05) is 17.8 Å². The number of nitrogens with one attached hydrogen (secondary N) is 2. The number of amides is 1. The zero-order valence-corrected chi connectivity index (χ0v) is 16.9. The summed E-state index contributed by atoms with van der Waals surface area (Å²) >= 11 is 2.72. The minimum Gasteiger partial charge on any atom is -0.305 e. The lowest BCUT2D eigenvalue weighted by Gasteiger charge is -2.10. The lowest BCUT2D eigenvalue weighted by molar-refractivity contribution is 0.101. The van der Waals surface area contributed by atoms with Gasteiger partial charge in [0.05, 0.1) is 0 Å². The second-order valence-electron chi connectivity index (χ2n) is 5.80. The van der Waals surface area contributed by atoms with Crippen LogP contribution in [0, 0.1) is 6.92 Å². The van der Waals surface area contributed by atoms with Crippen LogP contribution in [-0.2, 0) is 0 Å². The predicted octanol–water partition coefficient (Wildman–Crippen LogP) is 3.85. The lowest BCUT2D eigenvalue weighted by atomic mass is 10.3. The van der Waals surface area contributed by atoms with Gasteiger partial charge in [-0.05, 0) is 55.1 Å². The van der Waals surface area contributed by atoms with E-state index < -0.39 is 0 Å². The molecule has 0 aliphatic rings. The summed E-state index contributed by atoms with van der Waals surface area (Å²) in [6.07, 6.45) is 4.82. The van der Waals surface area contributed by atoms with E-state index in [9.17, 15) is 4.79 Å². The molecular formula is C19H15N7OS2. The number of rotatable bonds is 6. The molecule has 1 amide bonds. The van der Waals surface area contributed by atoms with Crippen molar-refractivity contribution in [2.24, 2.45) is 0 Å². The average Bonchev–Trinajstić information content (AvgIpc) is 3.24. The molecule has 0 spiro atoms. The molecule has 0 bridgehead atoms. The molecule has 144 valence electrons. The number of hydrogen-bond donors (Lipinski definition) is 2. The lowest BCUT2D eigenvalue weighted by Crippen LogP contribution is -2.16. The molecular weight excluding hydrogens is 406 g/mol. The number of aryl methyl sites for hydroxylation is 1. The molecule has 10 heteroatoms. The number of aromatic amines is 1. The van der Waals surface area contributed by atoms with E-state index in [1.807, 2.05) is 31.2 Å². The summed E-state index contributed by atoms with van der Waals surface area (Å²) in [6.45, 7) is 1.93. The number of nitrogens with zero attached hydrogens (tertiary/aromatic N) is 5. The Labute approximate surface area is 175 Å². The SMILES string of the molecule is Cc1ccc(Sc2ccc(Sc3ncn[nH]3)nc2C(=O)Nc2ccccn2)cn1. The van der Waals surface area contributed by atoms with E-state index in [2.05, 4.69) is 35.5 Å². The van der Waals surface area contributed by atoms with Crippen molar-refractivity contribution in [3.05, 3.63) is 72.6 Å². The van der Waals surface area contributed by atoms with Gasteiger partial charge in [0.25, 0.3) is 5.91 Å². The molecule has 4 heterocycles. The molecule has 4 aromatic heterocycles. The largest absolute Gasteiger partial charge is 0.305 e. The van der Waals surface area contributed by atoms with Gasteiger partial charge in [0, 0.05) is 27.9 Å². The molecule has 0 fully saturated rings. The Hall–Kier alpha value is -3.24. The molecule has 0 saturated carbocycles. The quantitative estimate of drug-likeness (QED) is 0.483. The van der Waals surface area contributed by atoms with Gasteiger partial charge < -0.3 is 5.32 Å². The molecule has 29 heavy (non-hydrogen) atoms. The third kappa shape index (κ3) is 4.98. The van der Waals surface area contributed by atoms with E-state index in [4.69, 9.17) is 0 Å². The molecule has 0 radical (unpaired) electrons. The number of anilines is 1. The highest BCUT2D eigenvalue weighted by atomic mass is 32.2.